The smallest absolute Gasteiger partial charge is 0.328 e. The Balaban J connectivity index is 2.35. The van der Waals surface area contributed by atoms with Crippen LogP contribution in [0, 0.1) is 5.82 Å². The molecule has 1 aliphatic carbocycles. The van der Waals surface area contributed by atoms with E-state index in [9.17, 15) is 9.18 Å². The first-order chi connectivity index (χ1) is 9.61. The monoisotopic (exact) mass is 277 g/mol. The van der Waals surface area contributed by atoms with Crippen molar-refractivity contribution in [2.75, 3.05) is 11.4 Å². The van der Waals surface area contributed by atoms with E-state index in [1.165, 1.54) is 31.1 Å². The number of anilines is 1. The highest BCUT2D eigenvalue weighted by Crippen LogP contribution is 2.31. The number of rotatable bonds is 5. The number of nitrogens with zero attached hydrogens (tertiary/aromatic N) is 1. The summed E-state index contributed by atoms with van der Waals surface area (Å²) >= 11 is 0. The van der Waals surface area contributed by atoms with E-state index >= 15 is 0 Å². The van der Waals surface area contributed by atoms with Gasteiger partial charge in [0.1, 0.15) is 5.82 Å². The maximum Gasteiger partial charge on any atom is 0.328 e. The Hall–Kier alpha value is -1.84. The average Bonchev–Trinajstić information content (AvgIpc) is 2.93. The topological polar surface area (TPSA) is 40.5 Å². The molecule has 0 aromatic heterocycles. The molecule has 3 nitrogen and oxygen atoms in total. The van der Waals surface area contributed by atoms with E-state index in [2.05, 4.69) is 11.8 Å². The molecule has 0 radical (unpaired) electrons. The Kier molecular flexibility index (Phi) is 4.77. The normalized spacial score (nSPS) is 15.9. The number of aliphatic carboxylic acids is 1. The van der Waals surface area contributed by atoms with Crippen molar-refractivity contribution >= 4 is 17.7 Å². The second-order valence-electron chi connectivity index (χ2n) is 5.10. The molecular formula is C16H20FNO2. The Morgan fingerprint density at radius 2 is 2.15 bits per heavy atom. The number of hydrogen-bond donors (Lipinski definition) is 1. The Morgan fingerprint density at radius 1 is 1.45 bits per heavy atom. The Labute approximate surface area is 118 Å². The highest BCUT2D eigenvalue weighted by atomic mass is 19.1. The largest absolute Gasteiger partial charge is 0.478 e. The first-order valence-electron chi connectivity index (χ1n) is 7.09. The summed E-state index contributed by atoms with van der Waals surface area (Å²) in [5.74, 6) is -1.37. The number of hydrogen-bond acceptors (Lipinski definition) is 2. The third-order valence-electron chi connectivity index (χ3n) is 3.81. The summed E-state index contributed by atoms with van der Waals surface area (Å²) in [4.78, 5) is 12.9. The summed E-state index contributed by atoms with van der Waals surface area (Å²) < 4.78 is 13.4. The first kappa shape index (κ1) is 14.6. The van der Waals surface area contributed by atoms with E-state index in [4.69, 9.17) is 5.11 Å². The molecule has 0 saturated heterocycles. The molecule has 0 spiro atoms. The molecule has 0 amide bonds. The van der Waals surface area contributed by atoms with E-state index in [1.54, 1.807) is 6.07 Å². The molecule has 1 N–H and O–H groups in total. The van der Waals surface area contributed by atoms with Gasteiger partial charge in [0, 0.05) is 29.9 Å². The van der Waals surface area contributed by atoms with Gasteiger partial charge in [-0.25, -0.2) is 9.18 Å². The van der Waals surface area contributed by atoms with Crippen LogP contribution in [0.4, 0.5) is 10.1 Å². The van der Waals surface area contributed by atoms with Crippen molar-refractivity contribution in [2.45, 2.75) is 38.6 Å². The fourth-order valence-electron chi connectivity index (χ4n) is 2.92. The van der Waals surface area contributed by atoms with E-state index < -0.39 is 5.97 Å². The average molecular weight is 277 g/mol. The summed E-state index contributed by atoms with van der Waals surface area (Å²) in [6, 6.07) is 5.05. The predicted molar refractivity (Wildman–Crippen MR) is 78.3 cm³/mol. The van der Waals surface area contributed by atoms with Crippen LogP contribution in [0.2, 0.25) is 0 Å². The first-order valence-corrected chi connectivity index (χ1v) is 7.09. The molecule has 0 bridgehead atoms. The van der Waals surface area contributed by atoms with Crippen LogP contribution in [0.3, 0.4) is 0 Å². The number of carbonyl (C=O) groups is 1. The number of benzene rings is 1. The zero-order chi connectivity index (χ0) is 14.5. The molecule has 0 heterocycles. The highest BCUT2D eigenvalue weighted by molar-refractivity contribution is 5.87. The van der Waals surface area contributed by atoms with Crippen molar-refractivity contribution in [2.24, 2.45) is 0 Å². The van der Waals surface area contributed by atoms with Crippen LogP contribution >= 0.6 is 0 Å². The minimum absolute atomic E-state index is 0.346. The molecule has 0 aliphatic heterocycles. The lowest BCUT2D eigenvalue weighted by atomic mass is 10.1. The van der Waals surface area contributed by atoms with Crippen molar-refractivity contribution in [1.29, 1.82) is 0 Å². The van der Waals surface area contributed by atoms with Crippen LogP contribution in [0.1, 0.15) is 38.2 Å². The van der Waals surface area contributed by atoms with E-state index in [-0.39, 0.29) is 5.82 Å². The van der Waals surface area contributed by atoms with Crippen molar-refractivity contribution in [3.05, 3.63) is 35.7 Å². The molecule has 0 unspecified atom stereocenters. The number of halogens is 1. The van der Waals surface area contributed by atoms with Crippen LogP contribution in [-0.4, -0.2) is 23.7 Å². The van der Waals surface area contributed by atoms with E-state index in [1.807, 2.05) is 0 Å². The summed E-state index contributed by atoms with van der Waals surface area (Å²) in [7, 11) is 0. The van der Waals surface area contributed by atoms with Crippen LogP contribution in [0.15, 0.2) is 24.3 Å². The van der Waals surface area contributed by atoms with Gasteiger partial charge in [0.15, 0.2) is 0 Å². The van der Waals surface area contributed by atoms with Gasteiger partial charge in [-0.3, -0.25) is 0 Å². The minimum Gasteiger partial charge on any atom is -0.478 e. The quantitative estimate of drug-likeness (QED) is 0.834. The van der Waals surface area contributed by atoms with Gasteiger partial charge in [0.2, 0.25) is 0 Å². The van der Waals surface area contributed by atoms with E-state index in [0.29, 0.717) is 11.6 Å². The van der Waals surface area contributed by atoms with Crippen molar-refractivity contribution < 1.29 is 14.3 Å². The molecular weight excluding hydrogens is 257 g/mol. The lowest BCUT2D eigenvalue weighted by Crippen LogP contribution is -2.33. The van der Waals surface area contributed by atoms with Crippen LogP contribution in [0.25, 0.3) is 6.08 Å². The van der Waals surface area contributed by atoms with Crippen LogP contribution < -0.4 is 4.90 Å². The zero-order valence-electron chi connectivity index (χ0n) is 11.7. The van der Waals surface area contributed by atoms with Gasteiger partial charge in [-0.05, 0) is 44.0 Å². The molecule has 4 heteroatoms. The van der Waals surface area contributed by atoms with Crippen molar-refractivity contribution in [1.82, 2.24) is 0 Å². The fourth-order valence-corrected chi connectivity index (χ4v) is 2.92. The summed E-state index contributed by atoms with van der Waals surface area (Å²) in [5.41, 5.74) is 1.54. The fraction of sp³-hybridized carbons (Fsp3) is 0.438. The lowest BCUT2D eigenvalue weighted by Gasteiger charge is -2.31. The van der Waals surface area contributed by atoms with Crippen molar-refractivity contribution in [3.63, 3.8) is 0 Å². The summed E-state index contributed by atoms with van der Waals surface area (Å²) in [6.07, 6.45) is 7.27. The second kappa shape index (κ2) is 6.55. The van der Waals surface area contributed by atoms with E-state index in [0.717, 1.165) is 31.1 Å². The van der Waals surface area contributed by atoms with Gasteiger partial charge in [0.05, 0.1) is 0 Å². The predicted octanol–water partition coefficient (Wildman–Crippen LogP) is 3.69. The molecule has 1 fully saturated rings. The number of carboxylic acids is 1. The second-order valence-corrected chi connectivity index (χ2v) is 5.10. The number of carboxylic acid groups (broad SMARTS) is 1. The lowest BCUT2D eigenvalue weighted by molar-refractivity contribution is -0.131. The molecule has 1 aromatic rings. The molecule has 1 aliphatic rings. The van der Waals surface area contributed by atoms with Gasteiger partial charge >= 0.3 is 5.97 Å². The van der Waals surface area contributed by atoms with Crippen LogP contribution in [0.5, 0.6) is 0 Å². The molecule has 108 valence electrons. The SMILES string of the molecule is CCN(c1ccc(F)cc1/C=C/C(=O)O)C1CCCC1. The highest BCUT2D eigenvalue weighted by Gasteiger charge is 2.23. The van der Waals surface area contributed by atoms with Gasteiger partial charge in [0.25, 0.3) is 0 Å². The molecule has 2 rings (SSSR count). The molecule has 1 aromatic carbocycles. The molecule has 20 heavy (non-hydrogen) atoms. The van der Waals surface area contributed by atoms with Gasteiger partial charge in [-0.1, -0.05) is 12.8 Å². The zero-order valence-corrected chi connectivity index (χ0v) is 11.7. The third-order valence-corrected chi connectivity index (χ3v) is 3.81. The minimum atomic E-state index is -1.02. The van der Waals surface area contributed by atoms with Gasteiger partial charge in [-0.2, -0.15) is 0 Å². The summed E-state index contributed by atoms with van der Waals surface area (Å²) in [5, 5.41) is 8.75. The maximum absolute atomic E-state index is 13.4. The summed E-state index contributed by atoms with van der Waals surface area (Å²) in [6.45, 7) is 2.91. The van der Waals surface area contributed by atoms with Crippen molar-refractivity contribution in [3.8, 4) is 0 Å². The molecule has 1 saturated carbocycles. The third kappa shape index (κ3) is 3.38. The Bertz CT molecular complexity index is 507. The standard InChI is InChI=1S/C16H20FNO2/c1-2-18(14-5-3-4-6-14)15-9-8-13(17)11-12(15)7-10-16(19)20/h7-11,14H,2-6H2,1H3,(H,19,20)/b10-7+. The Morgan fingerprint density at radius 3 is 2.75 bits per heavy atom. The molecule has 0 atom stereocenters. The maximum atomic E-state index is 13.4. The van der Waals surface area contributed by atoms with Crippen LogP contribution in [-0.2, 0) is 4.79 Å². The van der Waals surface area contributed by atoms with Gasteiger partial charge in [-0.15, -0.1) is 0 Å². The van der Waals surface area contributed by atoms with Gasteiger partial charge < -0.3 is 10.0 Å².